The Hall–Kier alpha value is -3.93. The second-order valence-electron chi connectivity index (χ2n) is 8.90. The second kappa shape index (κ2) is 9.14. The topological polar surface area (TPSA) is 69.7 Å². The number of amides is 3. The minimum atomic E-state index is -0.432. The van der Waals surface area contributed by atoms with E-state index in [2.05, 4.69) is 5.32 Å². The predicted molar refractivity (Wildman–Crippen MR) is 130 cm³/mol. The molecule has 2 aliphatic heterocycles. The van der Waals surface area contributed by atoms with Gasteiger partial charge in [-0.05, 0) is 55.2 Å². The van der Waals surface area contributed by atoms with Crippen molar-refractivity contribution in [2.75, 3.05) is 11.4 Å². The Morgan fingerprint density at radius 1 is 1.00 bits per heavy atom. The molecule has 0 spiro atoms. The van der Waals surface area contributed by atoms with Crippen molar-refractivity contribution in [3.63, 3.8) is 0 Å². The Balaban J connectivity index is 1.40. The third-order valence-electron chi connectivity index (χ3n) is 6.67. The molecule has 0 bridgehead atoms. The molecule has 3 aromatic rings. The van der Waals surface area contributed by atoms with Gasteiger partial charge in [-0.15, -0.1) is 0 Å². The molecule has 5 rings (SSSR count). The van der Waals surface area contributed by atoms with E-state index >= 15 is 0 Å². The molecule has 0 radical (unpaired) electrons. The lowest BCUT2D eigenvalue weighted by molar-refractivity contribution is -0.122. The SMILES string of the molecule is CC(NC(=O)c1cccc(CN2C(=O)C3CCCN3C(=O)c3ccccc32)c1)c1ccccc1. The van der Waals surface area contributed by atoms with Crippen LogP contribution in [0.3, 0.4) is 0 Å². The zero-order chi connectivity index (χ0) is 23.7. The maximum atomic E-state index is 13.5. The first-order valence-corrected chi connectivity index (χ1v) is 11.7. The fourth-order valence-corrected chi connectivity index (χ4v) is 4.87. The summed E-state index contributed by atoms with van der Waals surface area (Å²) in [5.41, 5.74) is 3.58. The van der Waals surface area contributed by atoms with Gasteiger partial charge in [0.1, 0.15) is 6.04 Å². The minimum absolute atomic E-state index is 0.0663. The lowest BCUT2D eigenvalue weighted by Gasteiger charge is -2.26. The van der Waals surface area contributed by atoms with Gasteiger partial charge in [-0.2, -0.15) is 0 Å². The monoisotopic (exact) mass is 453 g/mol. The molecule has 2 unspecified atom stereocenters. The van der Waals surface area contributed by atoms with Crippen LogP contribution in [0.4, 0.5) is 5.69 Å². The maximum absolute atomic E-state index is 13.5. The van der Waals surface area contributed by atoms with Gasteiger partial charge in [0.05, 0.1) is 23.8 Å². The first-order chi connectivity index (χ1) is 16.5. The Morgan fingerprint density at radius 2 is 1.76 bits per heavy atom. The van der Waals surface area contributed by atoms with Crippen LogP contribution in [0.2, 0.25) is 0 Å². The highest BCUT2D eigenvalue weighted by atomic mass is 16.2. The summed E-state index contributed by atoms with van der Waals surface area (Å²) in [5, 5.41) is 3.04. The summed E-state index contributed by atoms with van der Waals surface area (Å²) in [6.45, 7) is 2.85. The van der Waals surface area contributed by atoms with Crippen LogP contribution in [0.25, 0.3) is 0 Å². The van der Waals surface area contributed by atoms with E-state index in [1.807, 2.05) is 73.7 Å². The van der Waals surface area contributed by atoms with Crippen LogP contribution in [0.5, 0.6) is 0 Å². The van der Waals surface area contributed by atoms with Crippen LogP contribution in [0.1, 0.15) is 57.7 Å². The quantitative estimate of drug-likeness (QED) is 0.625. The molecule has 1 fully saturated rings. The average molecular weight is 454 g/mol. The molecule has 172 valence electrons. The number of anilines is 1. The van der Waals surface area contributed by atoms with E-state index in [-0.39, 0.29) is 23.8 Å². The van der Waals surface area contributed by atoms with Gasteiger partial charge >= 0.3 is 0 Å². The molecule has 0 aromatic heterocycles. The summed E-state index contributed by atoms with van der Waals surface area (Å²) in [4.78, 5) is 43.0. The van der Waals surface area contributed by atoms with E-state index in [9.17, 15) is 14.4 Å². The van der Waals surface area contributed by atoms with Gasteiger partial charge in [0.25, 0.3) is 11.8 Å². The van der Waals surface area contributed by atoms with E-state index in [0.717, 1.165) is 17.5 Å². The molecule has 2 heterocycles. The molecule has 0 saturated carbocycles. The highest BCUT2D eigenvalue weighted by Crippen LogP contribution is 2.33. The van der Waals surface area contributed by atoms with Crippen LogP contribution in [0.15, 0.2) is 78.9 Å². The molecule has 1 N–H and O–H groups in total. The molecule has 1 saturated heterocycles. The van der Waals surface area contributed by atoms with Crippen LogP contribution < -0.4 is 10.2 Å². The molecular formula is C28H27N3O3. The summed E-state index contributed by atoms with van der Waals surface area (Å²) in [7, 11) is 0. The van der Waals surface area contributed by atoms with Crippen LogP contribution in [-0.2, 0) is 11.3 Å². The maximum Gasteiger partial charge on any atom is 0.256 e. The Kier molecular flexibility index (Phi) is 5.88. The first kappa shape index (κ1) is 21.9. The Morgan fingerprint density at radius 3 is 2.59 bits per heavy atom. The van der Waals surface area contributed by atoms with Crippen molar-refractivity contribution >= 4 is 23.4 Å². The number of hydrogen-bond donors (Lipinski definition) is 1. The second-order valence-corrected chi connectivity index (χ2v) is 8.90. The number of fused-ring (bicyclic) bond motifs is 2. The summed E-state index contributed by atoms with van der Waals surface area (Å²) < 4.78 is 0. The zero-order valence-corrected chi connectivity index (χ0v) is 19.1. The molecule has 6 heteroatoms. The highest BCUT2D eigenvalue weighted by Gasteiger charge is 2.41. The lowest BCUT2D eigenvalue weighted by Crippen LogP contribution is -2.44. The summed E-state index contributed by atoms with van der Waals surface area (Å²) >= 11 is 0. The first-order valence-electron chi connectivity index (χ1n) is 11.7. The van der Waals surface area contributed by atoms with E-state index in [1.165, 1.54) is 0 Å². The number of carbonyl (C=O) groups excluding carboxylic acids is 3. The highest BCUT2D eigenvalue weighted by molar-refractivity contribution is 6.11. The molecule has 0 aliphatic carbocycles. The lowest BCUT2D eigenvalue weighted by atomic mass is 10.1. The average Bonchev–Trinajstić information content (AvgIpc) is 3.35. The van der Waals surface area contributed by atoms with Crippen molar-refractivity contribution in [1.82, 2.24) is 10.2 Å². The fraction of sp³-hybridized carbons (Fsp3) is 0.250. The third-order valence-corrected chi connectivity index (χ3v) is 6.67. The normalized spacial score (nSPS) is 18.2. The standard InChI is InChI=1S/C28H27N3O3/c1-19(21-10-3-2-4-11-21)29-26(32)22-12-7-9-20(17-22)18-31-24-14-6-5-13-23(24)27(33)30-16-8-15-25(30)28(31)34/h2-7,9-14,17,19,25H,8,15-16,18H2,1H3,(H,29,32). The van der Waals surface area contributed by atoms with Crippen molar-refractivity contribution in [2.45, 2.75) is 38.4 Å². The minimum Gasteiger partial charge on any atom is -0.346 e. The number of nitrogens with one attached hydrogen (secondary N) is 1. The predicted octanol–water partition coefficient (Wildman–Crippen LogP) is 4.33. The van der Waals surface area contributed by atoms with Gasteiger partial charge < -0.3 is 15.1 Å². The molecule has 2 atom stereocenters. The van der Waals surface area contributed by atoms with Gasteiger partial charge in [-0.1, -0.05) is 54.6 Å². The summed E-state index contributed by atoms with van der Waals surface area (Å²) in [6.07, 6.45) is 1.50. The van der Waals surface area contributed by atoms with Crippen molar-refractivity contribution in [2.24, 2.45) is 0 Å². The molecule has 6 nitrogen and oxygen atoms in total. The third kappa shape index (κ3) is 4.07. The van der Waals surface area contributed by atoms with Crippen LogP contribution in [-0.4, -0.2) is 35.2 Å². The Labute approximate surface area is 199 Å². The van der Waals surface area contributed by atoms with Crippen molar-refractivity contribution in [1.29, 1.82) is 0 Å². The number of carbonyl (C=O) groups is 3. The van der Waals surface area contributed by atoms with Gasteiger partial charge in [0.15, 0.2) is 0 Å². The molecule has 2 aliphatic rings. The van der Waals surface area contributed by atoms with Gasteiger partial charge in [0, 0.05) is 12.1 Å². The van der Waals surface area contributed by atoms with E-state index in [4.69, 9.17) is 0 Å². The Bertz CT molecular complexity index is 1240. The number of benzene rings is 3. The van der Waals surface area contributed by atoms with Crippen molar-refractivity contribution < 1.29 is 14.4 Å². The number of hydrogen-bond acceptors (Lipinski definition) is 3. The molecular weight excluding hydrogens is 426 g/mol. The molecule has 34 heavy (non-hydrogen) atoms. The van der Waals surface area contributed by atoms with E-state index in [1.54, 1.807) is 21.9 Å². The van der Waals surface area contributed by atoms with E-state index < -0.39 is 6.04 Å². The number of para-hydroxylation sites is 1. The van der Waals surface area contributed by atoms with Crippen LogP contribution >= 0.6 is 0 Å². The van der Waals surface area contributed by atoms with Crippen molar-refractivity contribution in [3.05, 3.63) is 101 Å². The van der Waals surface area contributed by atoms with Crippen LogP contribution in [0, 0.1) is 0 Å². The smallest absolute Gasteiger partial charge is 0.256 e. The van der Waals surface area contributed by atoms with Gasteiger partial charge in [0.2, 0.25) is 5.91 Å². The molecule has 3 amide bonds. The zero-order valence-electron chi connectivity index (χ0n) is 19.1. The number of rotatable bonds is 5. The number of nitrogens with zero attached hydrogens (tertiary/aromatic N) is 2. The fourth-order valence-electron chi connectivity index (χ4n) is 4.87. The van der Waals surface area contributed by atoms with Gasteiger partial charge in [-0.3, -0.25) is 14.4 Å². The van der Waals surface area contributed by atoms with Crippen molar-refractivity contribution in [3.8, 4) is 0 Å². The van der Waals surface area contributed by atoms with Gasteiger partial charge in [-0.25, -0.2) is 0 Å². The summed E-state index contributed by atoms with van der Waals surface area (Å²) in [5.74, 6) is -0.321. The van der Waals surface area contributed by atoms with E-state index in [0.29, 0.717) is 36.3 Å². The largest absolute Gasteiger partial charge is 0.346 e. The summed E-state index contributed by atoms with van der Waals surface area (Å²) in [6, 6.07) is 23.9. The molecule has 3 aromatic carbocycles.